The topological polar surface area (TPSA) is 49.3 Å². The van der Waals surface area contributed by atoms with E-state index in [-0.39, 0.29) is 5.92 Å². The first-order chi connectivity index (χ1) is 11.2. The van der Waals surface area contributed by atoms with Crippen LogP contribution >= 0.6 is 0 Å². The predicted octanol–water partition coefficient (Wildman–Crippen LogP) is 2.58. The Morgan fingerprint density at radius 2 is 2.04 bits per heavy atom. The third-order valence-electron chi connectivity index (χ3n) is 5.67. The van der Waals surface area contributed by atoms with Crippen molar-refractivity contribution < 1.29 is 4.79 Å². The van der Waals surface area contributed by atoms with Crippen LogP contribution in [0, 0.1) is 5.92 Å². The summed E-state index contributed by atoms with van der Waals surface area (Å²) in [7, 11) is 1.99. The molecule has 1 atom stereocenters. The molecule has 1 aliphatic heterocycles. The highest BCUT2D eigenvalue weighted by Crippen LogP contribution is 2.38. The molecule has 23 heavy (non-hydrogen) atoms. The van der Waals surface area contributed by atoms with Crippen LogP contribution in [0.15, 0.2) is 12.3 Å². The van der Waals surface area contributed by atoms with E-state index in [1.54, 1.807) is 0 Å². The molecule has 1 amide bonds. The number of nitrogens with zero attached hydrogens (tertiary/aromatic N) is 4. The molecule has 3 fully saturated rings. The molecule has 1 aromatic rings. The Morgan fingerprint density at radius 3 is 2.74 bits per heavy atom. The molecule has 4 rings (SSSR count). The zero-order chi connectivity index (χ0) is 15.8. The maximum absolute atomic E-state index is 12.5. The van der Waals surface area contributed by atoms with Crippen molar-refractivity contribution in [2.24, 2.45) is 5.92 Å². The molecule has 0 spiro atoms. The van der Waals surface area contributed by atoms with Crippen LogP contribution in [0.3, 0.4) is 0 Å². The van der Waals surface area contributed by atoms with E-state index in [2.05, 4.69) is 9.88 Å². The van der Waals surface area contributed by atoms with Crippen LogP contribution in [-0.4, -0.2) is 47.0 Å². The Balaban J connectivity index is 1.44. The van der Waals surface area contributed by atoms with Gasteiger partial charge in [-0.2, -0.15) is 0 Å². The van der Waals surface area contributed by atoms with E-state index in [1.807, 2.05) is 24.2 Å². The van der Waals surface area contributed by atoms with Gasteiger partial charge in [0, 0.05) is 44.2 Å². The Bertz CT molecular complexity index is 582. The lowest BCUT2D eigenvalue weighted by molar-refractivity contribution is -0.139. The Morgan fingerprint density at radius 1 is 1.22 bits per heavy atom. The molecule has 2 aliphatic carbocycles. The molecular formula is C18H26N4O. The number of piperidine rings is 1. The van der Waals surface area contributed by atoms with E-state index in [1.165, 1.54) is 19.3 Å². The molecule has 0 radical (unpaired) electrons. The average molecular weight is 314 g/mol. The van der Waals surface area contributed by atoms with Crippen molar-refractivity contribution in [2.45, 2.75) is 56.9 Å². The van der Waals surface area contributed by atoms with Crippen molar-refractivity contribution in [3.05, 3.63) is 18.1 Å². The number of hydrogen-bond acceptors (Lipinski definition) is 4. The summed E-state index contributed by atoms with van der Waals surface area (Å²) >= 11 is 0. The van der Waals surface area contributed by atoms with Gasteiger partial charge in [0.2, 0.25) is 5.91 Å². The fraction of sp³-hybridized carbons (Fsp3) is 0.722. The monoisotopic (exact) mass is 314 g/mol. The molecule has 1 unspecified atom stereocenters. The number of amides is 1. The zero-order valence-electron chi connectivity index (χ0n) is 13.9. The molecule has 5 heteroatoms. The first-order valence-electron chi connectivity index (χ1n) is 9.07. The second-order valence-corrected chi connectivity index (χ2v) is 7.37. The summed E-state index contributed by atoms with van der Waals surface area (Å²) in [6.45, 7) is 1.93. The third-order valence-corrected chi connectivity index (χ3v) is 5.67. The third kappa shape index (κ3) is 3.06. The van der Waals surface area contributed by atoms with Crippen LogP contribution in [-0.2, 0) is 4.79 Å². The van der Waals surface area contributed by atoms with Crippen LogP contribution in [0.5, 0.6) is 0 Å². The molecule has 0 bridgehead atoms. The van der Waals surface area contributed by atoms with E-state index in [9.17, 15) is 4.79 Å². The van der Waals surface area contributed by atoms with Crippen LogP contribution in [0.25, 0.3) is 0 Å². The molecule has 0 N–H and O–H groups in total. The summed E-state index contributed by atoms with van der Waals surface area (Å²) in [6.07, 6.45) is 9.94. The largest absolute Gasteiger partial charge is 0.354 e. The number of likely N-dealkylation sites (N-methyl/N-ethyl adjacent to an activating group) is 1. The molecular weight excluding hydrogens is 288 g/mol. The van der Waals surface area contributed by atoms with Crippen LogP contribution < -0.4 is 4.90 Å². The predicted molar refractivity (Wildman–Crippen MR) is 89.4 cm³/mol. The molecule has 2 saturated carbocycles. The van der Waals surface area contributed by atoms with Crippen molar-refractivity contribution in [1.29, 1.82) is 0 Å². The lowest BCUT2D eigenvalue weighted by atomic mass is 9.84. The maximum atomic E-state index is 12.5. The normalized spacial score (nSPS) is 25.1. The minimum atomic E-state index is 0.288. The van der Waals surface area contributed by atoms with Crippen molar-refractivity contribution >= 4 is 11.7 Å². The molecule has 5 nitrogen and oxygen atoms in total. The van der Waals surface area contributed by atoms with Gasteiger partial charge >= 0.3 is 0 Å². The van der Waals surface area contributed by atoms with Crippen molar-refractivity contribution in [3.63, 3.8) is 0 Å². The average Bonchev–Trinajstić information content (AvgIpc) is 3.38. The SMILES string of the molecule is CN(C(=O)C1CCC1)C1CCCN(c2ccnc(C3CC3)n2)C1. The minimum absolute atomic E-state index is 0.288. The van der Waals surface area contributed by atoms with Crippen molar-refractivity contribution in [3.8, 4) is 0 Å². The van der Waals surface area contributed by atoms with Gasteiger partial charge in [-0.1, -0.05) is 6.42 Å². The molecule has 1 saturated heterocycles. The summed E-state index contributed by atoms with van der Waals surface area (Å²) in [5, 5.41) is 0. The van der Waals surface area contributed by atoms with Gasteiger partial charge in [-0.15, -0.1) is 0 Å². The highest BCUT2D eigenvalue weighted by atomic mass is 16.2. The second kappa shape index (κ2) is 6.10. The van der Waals surface area contributed by atoms with Gasteiger partial charge in [-0.25, -0.2) is 9.97 Å². The van der Waals surface area contributed by atoms with Gasteiger partial charge in [-0.05, 0) is 44.6 Å². The summed E-state index contributed by atoms with van der Waals surface area (Å²) < 4.78 is 0. The first kappa shape index (κ1) is 14.9. The molecule has 1 aromatic heterocycles. The van der Waals surface area contributed by atoms with Crippen LogP contribution in [0.2, 0.25) is 0 Å². The summed E-state index contributed by atoms with van der Waals surface area (Å²) in [6, 6.07) is 2.33. The molecule has 3 aliphatic rings. The van der Waals surface area contributed by atoms with Crippen LogP contribution in [0.1, 0.15) is 56.7 Å². The van der Waals surface area contributed by atoms with Gasteiger partial charge in [0.15, 0.2) is 0 Å². The summed E-state index contributed by atoms with van der Waals surface area (Å²) in [4.78, 5) is 26.0. The van der Waals surface area contributed by atoms with E-state index in [4.69, 9.17) is 4.98 Å². The van der Waals surface area contributed by atoms with Gasteiger partial charge in [0.25, 0.3) is 0 Å². The summed E-state index contributed by atoms with van der Waals surface area (Å²) in [5.74, 6) is 3.26. The lowest BCUT2D eigenvalue weighted by Gasteiger charge is -2.40. The summed E-state index contributed by atoms with van der Waals surface area (Å²) in [5.41, 5.74) is 0. The zero-order valence-corrected chi connectivity index (χ0v) is 13.9. The number of carbonyl (C=O) groups excluding carboxylic acids is 1. The van der Waals surface area contributed by atoms with Crippen molar-refractivity contribution in [2.75, 3.05) is 25.0 Å². The fourth-order valence-corrected chi connectivity index (χ4v) is 3.68. The highest BCUT2D eigenvalue weighted by Gasteiger charge is 2.33. The van der Waals surface area contributed by atoms with E-state index in [0.29, 0.717) is 17.9 Å². The van der Waals surface area contributed by atoms with E-state index >= 15 is 0 Å². The number of rotatable bonds is 4. The van der Waals surface area contributed by atoms with E-state index in [0.717, 1.165) is 50.4 Å². The van der Waals surface area contributed by atoms with Gasteiger partial charge in [-0.3, -0.25) is 4.79 Å². The van der Waals surface area contributed by atoms with Gasteiger partial charge in [0.1, 0.15) is 11.6 Å². The number of carbonyl (C=O) groups is 1. The van der Waals surface area contributed by atoms with Crippen LogP contribution in [0.4, 0.5) is 5.82 Å². The molecule has 0 aromatic carbocycles. The Kier molecular flexibility index (Phi) is 3.95. The minimum Gasteiger partial charge on any atom is -0.354 e. The Labute approximate surface area is 138 Å². The highest BCUT2D eigenvalue weighted by molar-refractivity contribution is 5.79. The smallest absolute Gasteiger partial charge is 0.225 e. The van der Waals surface area contributed by atoms with Gasteiger partial charge < -0.3 is 9.80 Å². The first-order valence-corrected chi connectivity index (χ1v) is 9.07. The molecule has 2 heterocycles. The second-order valence-electron chi connectivity index (χ2n) is 7.37. The number of anilines is 1. The molecule has 124 valence electrons. The quantitative estimate of drug-likeness (QED) is 0.857. The lowest BCUT2D eigenvalue weighted by Crippen LogP contribution is -2.51. The maximum Gasteiger partial charge on any atom is 0.225 e. The van der Waals surface area contributed by atoms with E-state index < -0.39 is 0 Å². The Hall–Kier alpha value is -1.65. The number of hydrogen-bond donors (Lipinski definition) is 0. The van der Waals surface area contributed by atoms with Crippen molar-refractivity contribution in [1.82, 2.24) is 14.9 Å². The van der Waals surface area contributed by atoms with Gasteiger partial charge in [0.05, 0.1) is 0 Å². The standard InChI is InChI=1S/C18H26N4O/c1-21(18(23)14-4-2-5-14)15-6-3-11-22(12-15)16-9-10-19-17(20-16)13-7-8-13/h9-10,13-15H,2-8,11-12H2,1H3. The number of aromatic nitrogens is 2. The fourth-order valence-electron chi connectivity index (χ4n) is 3.68.